The number of piperazine rings is 1. The van der Waals surface area contributed by atoms with Crippen LogP contribution in [0.1, 0.15) is 36.7 Å². The summed E-state index contributed by atoms with van der Waals surface area (Å²) in [5.74, 6) is -0.236. The van der Waals surface area contributed by atoms with Gasteiger partial charge in [0.25, 0.3) is 5.91 Å². The summed E-state index contributed by atoms with van der Waals surface area (Å²) in [4.78, 5) is 29.4. The molecule has 1 saturated heterocycles. The molecule has 0 aromatic heterocycles. The predicted octanol–water partition coefficient (Wildman–Crippen LogP) is 4.03. The minimum Gasteiger partial charge on any atom is -0.444 e. The number of hydrogen-bond donors (Lipinski definition) is 2. The minimum absolute atomic E-state index is 0.236. The number of likely N-dealkylation sites (N-methyl/N-ethyl adjacent to an activating group) is 1. The molecule has 2 aromatic carbocycles. The second kappa shape index (κ2) is 9.94. The van der Waals surface area contributed by atoms with Crippen molar-refractivity contribution in [2.24, 2.45) is 0 Å². The Morgan fingerprint density at radius 3 is 2.26 bits per heavy atom. The van der Waals surface area contributed by atoms with Crippen LogP contribution in [0.5, 0.6) is 0 Å². The predicted molar refractivity (Wildman–Crippen MR) is 123 cm³/mol. The van der Waals surface area contributed by atoms with Gasteiger partial charge in [0.2, 0.25) is 0 Å². The molecule has 1 fully saturated rings. The Balaban J connectivity index is 1.55. The molecular formula is C24H32N4O3. The fraction of sp³-hybridized carbons (Fsp3) is 0.417. The lowest BCUT2D eigenvalue weighted by Crippen LogP contribution is -2.43. The maximum absolute atomic E-state index is 12.6. The molecule has 31 heavy (non-hydrogen) atoms. The van der Waals surface area contributed by atoms with Crippen molar-refractivity contribution in [3.8, 4) is 0 Å². The molecule has 2 N–H and O–H groups in total. The smallest absolute Gasteiger partial charge is 0.412 e. The molecule has 0 spiro atoms. The van der Waals surface area contributed by atoms with E-state index in [-0.39, 0.29) is 5.91 Å². The summed E-state index contributed by atoms with van der Waals surface area (Å²) >= 11 is 0. The Morgan fingerprint density at radius 2 is 1.61 bits per heavy atom. The maximum Gasteiger partial charge on any atom is 0.412 e. The second-order valence-electron chi connectivity index (χ2n) is 8.94. The Hall–Kier alpha value is -2.90. The van der Waals surface area contributed by atoms with Gasteiger partial charge < -0.3 is 15.0 Å². The van der Waals surface area contributed by atoms with Gasteiger partial charge in [-0.1, -0.05) is 18.2 Å². The second-order valence-corrected chi connectivity index (χ2v) is 8.94. The summed E-state index contributed by atoms with van der Waals surface area (Å²) < 4.78 is 5.25. The van der Waals surface area contributed by atoms with Crippen molar-refractivity contribution in [3.05, 3.63) is 59.7 Å². The van der Waals surface area contributed by atoms with E-state index < -0.39 is 11.7 Å². The number of amides is 2. The van der Waals surface area contributed by atoms with Crippen LogP contribution < -0.4 is 10.6 Å². The van der Waals surface area contributed by atoms with Crippen LogP contribution in [-0.4, -0.2) is 60.6 Å². The monoisotopic (exact) mass is 424 g/mol. The summed E-state index contributed by atoms with van der Waals surface area (Å²) in [7, 11) is 2.15. The number of carbonyl (C=O) groups excluding carboxylic acids is 2. The molecule has 0 radical (unpaired) electrons. The highest BCUT2D eigenvalue weighted by atomic mass is 16.6. The molecule has 166 valence electrons. The summed E-state index contributed by atoms with van der Waals surface area (Å²) in [6.07, 6.45) is -0.555. The van der Waals surface area contributed by atoms with Gasteiger partial charge in [0, 0.05) is 49.7 Å². The number of carbonyl (C=O) groups is 2. The number of rotatable bonds is 5. The van der Waals surface area contributed by atoms with E-state index in [4.69, 9.17) is 4.74 Å². The lowest BCUT2D eigenvalue weighted by molar-refractivity contribution is 0.0635. The molecule has 2 aromatic rings. The molecule has 3 rings (SSSR count). The van der Waals surface area contributed by atoms with Crippen LogP contribution in [0.15, 0.2) is 48.5 Å². The number of benzene rings is 2. The molecule has 0 atom stereocenters. The molecule has 1 heterocycles. The van der Waals surface area contributed by atoms with Crippen molar-refractivity contribution >= 4 is 23.4 Å². The third-order valence-corrected chi connectivity index (χ3v) is 4.98. The molecule has 1 aliphatic heterocycles. The molecule has 0 unspecified atom stereocenters. The first-order chi connectivity index (χ1) is 14.7. The number of nitrogens with zero attached hydrogens (tertiary/aromatic N) is 2. The van der Waals surface area contributed by atoms with E-state index >= 15 is 0 Å². The zero-order valence-corrected chi connectivity index (χ0v) is 18.8. The maximum atomic E-state index is 12.6. The molecule has 2 amide bonds. The number of ether oxygens (including phenoxy) is 1. The van der Waals surface area contributed by atoms with Gasteiger partial charge in [-0.3, -0.25) is 15.0 Å². The van der Waals surface area contributed by atoms with E-state index in [1.165, 1.54) is 5.56 Å². The van der Waals surface area contributed by atoms with E-state index in [1.54, 1.807) is 45.0 Å². The Bertz CT molecular complexity index is 898. The first kappa shape index (κ1) is 22.8. The van der Waals surface area contributed by atoms with Gasteiger partial charge in [-0.05, 0) is 63.7 Å². The largest absolute Gasteiger partial charge is 0.444 e. The zero-order chi connectivity index (χ0) is 22.4. The van der Waals surface area contributed by atoms with Crippen molar-refractivity contribution in [1.29, 1.82) is 0 Å². The highest BCUT2D eigenvalue weighted by Gasteiger charge is 2.17. The van der Waals surface area contributed by atoms with E-state index in [9.17, 15) is 9.59 Å². The zero-order valence-electron chi connectivity index (χ0n) is 18.8. The fourth-order valence-electron chi connectivity index (χ4n) is 3.32. The van der Waals surface area contributed by atoms with E-state index in [0.717, 1.165) is 38.4 Å². The molecule has 0 bridgehead atoms. The van der Waals surface area contributed by atoms with Crippen LogP contribution in [0.2, 0.25) is 0 Å². The third kappa shape index (κ3) is 7.38. The van der Waals surface area contributed by atoms with Gasteiger partial charge in [0.1, 0.15) is 5.60 Å². The van der Waals surface area contributed by atoms with Gasteiger partial charge in [0.05, 0.1) is 0 Å². The highest BCUT2D eigenvalue weighted by molar-refractivity contribution is 6.05. The first-order valence-electron chi connectivity index (χ1n) is 10.6. The Labute approximate surface area is 184 Å². The van der Waals surface area contributed by atoms with Crippen LogP contribution in [0, 0.1) is 0 Å². The summed E-state index contributed by atoms with van der Waals surface area (Å²) in [6.45, 7) is 10.6. The molecule has 7 nitrogen and oxygen atoms in total. The fourth-order valence-corrected chi connectivity index (χ4v) is 3.32. The van der Waals surface area contributed by atoms with Gasteiger partial charge >= 0.3 is 6.09 Å². The first-order valence-corrected chi connectivity index (χ1v) is 10.6. The van der Waals surface area contributed by atoms with E-state index in [1.807, 2.05) is 12.1 Å². The molecular weight excluding hydrogens is 392 g/mol. The van der Waals surface area contributed by atoms with Crippen LogP contribution in [0.4, 0.5) is 16.2 Å². The summed E-state index contributed by atoms with van der Waals surface area (Å²) in [6, 6.07) is 14.7. The van der Waals surface area contributed by atoms with Crippen molar-refractivity contribution < 1.29 is 14.3 Å². The quantitative estimate of drug-likeness (QED) is 0.758. The van der Waals surface area contributed by atoms with Gasteiger partial charge in [0.15, 0.2) is 0 Å². The normalized spacial score (nSPS) is 15.4. The Kier molecular flexibility index (Phi) is 7.30. The summed E-state index contributed by atoms with van der Waals surface area (Å²) in [5, 5.41) is 5.57. The lowest BCUT2D eigenvalue weighted by Gasteiger charge is -2.32. The van der Waals surface area contributed by atoms with Crippen LogP contribution in [0.25, 0.3) is 0 Å². The van der Waals surface area contributed by atoms with E-state index in [0.29, 0.717) is 11.3 Å². The molecule has 1 aliphatic rings. The van der Waals surface area contributed by atoms with Crippen LogP contribution in [-0.2, 0) is 11.3 Å². The summed E-state index contributed by atoms with van der Waals surface area (Å²) in [5.41, 5.74) is 2.33. The minimum atomic E-state index is -0.588. The highest BCUT2D eigenvalue weighted by Crippen LogP contribution is 2.17. The van der Waals surface area contributed by atoms with E-state index in [2.05, 4.69) is 39.6 Å². The van der Waals surface area contributed by atoms with Crippen molar-refractivity contribution in [2.75, 3.05) is 43.9 Å². The van der Waals surface area contributed by atoms with Gasteiger partial charge in [-0.25, -0.2) is 4.79 Å². The van der Waals surface area contributed by atoms with Gasteiger partial charge in [-0.15, -0.1) is 0 Å². The van der Waals surface area contributed by atoms with Crippen LogP contribution >= 0.6 is 0 Å². The number of nitrogens with one attached hydrogen (secondary N) is 2. The molecule has 0 aliphatic carbocycles. The topological polar surface area (TPSA) is 73.9 Å². The molecule has 7 heteroatoms. The standard InChI is InChI=1S/C24H32N4O3/c1-24(2,3)31-23(30)26-21-7-5-6-19(16-21)22(29)25-20-10-8-18(9-11-20)17-28-14-12-27(4)13-15-28/h5-11,16H,12-15,17H2,1-4H3,(H,25,29)(H,26,30). The SMILES string of the molecule is CN1CCN(Cc2ccc(NC(=O)c3cccc(NC(=O)OC(C)(C)C)c3)cc2)CC1. The van der Waals surface area contributed by atoms with Crippen LogP contribution in [0.3, 0.4) is 0 Å². The third-order valence-electron chi connectivity index (χ3n) is 4.98. The lowest BCUT2D eigenvalue weighted by atomic mass is 10.1. The van der Waals surface area contributed by atoms with Crippen molar-refractivity contribution in [1.82, 2.24) is 9.80 Å². The average Bonchev–Trinajstić information content (AvgIpc) is 2.70. The van der Waals surface area contributed by atoms with Crippen molar-refractivity contribution in [3.63, 3.8) is 0 Å². The number of anilines is 2. The number of hydrogen-bond acceptors (Lipinski definition) is 5. The average molecular weight is 425 g/mol. The van der Waals surface area contributed by atoms with Gasteiger partial charge in [-0.2, -0.15) is 0 Å². The van der Waals surface area contributed by atoms with Crippen molar-refractivity contribution in [2.45, 2.75) is 32.9 Å². The molecule has 0 saturated carbocycles. The Morgan fingerprint density at radius 1 is 0.935 bits per heavy atom.